The molecule has 7 nitrogen and oxygen atoms in total. The molecular formula is C15H21F2N3O4S. The number of nitrogens with one attached hydrogen (secondary N) is 1. The summed E-state index contributed by atoms with van der Waals surface area (Å²) in [4.78, 5) is 14.2. The Kier molecular flexibility index (Phi) is 6.68. The Morgan fingerprint density at radius 3 is 2.56 bits per heavy atom. The van der Waals surface area contributed by atoms with Crippen molar-refractivity contribution in [1.82, 2.24) is 10.2 Å². The molecule has 1 aromatic carbocycles. The van der Waals surface area contributed by atoms with E-state index in [0.29, 0.717) is 26.3 Å². The van der Waals surface area contributed by atoms with Crippen molar-refractivity contribution in [2.75, 3.05) is 56.5 Å². The minimum atomic E-state index is -3.83. The summed E-state index contributed by atoms with van der Waals surface area (Å²) in [7, 11) is -3.83. The summed E-state index contributed by atoms with van der Waals surface area (Å²) in [5, 5.41) is 2.63. The Morgan fingerprint density at radius 2 is 1.96 bits per heavy atom. The number of sulfonamides is 1. The molecule has 1 amide bonds. The number of anilines is 1. The number of rotatable bonds is 7. The number of carbonyl (C=O) groups is 1. The van der Waals surface area contributed by atoms with Gasteiger partial charge in [-0.2, -0.15) is 0 Å². The first kappa shape index (κ1) is 19.5. The maximum atomic E-state index is 13.4. The zero-order valence-corrected chi connectivity index (χ0v) is 14.7. The number of halogens is 2. The largest absolute Gasteiger partial charge is 0.379 e. The highest BCUT2D eigenvalue weighted by atomic mass is 32.2. The predicted molar refractivity (Wildman–Crippen MR) is 88.8 cm³/mol. The molecule has 10 heteroatoms. The van der Waals surface area contributed by atoms with Gasteiger partial charge >= 0.3 is 0 Å². The molecule has 1 N–H and O–H groups in total. The predicted octanol–water partition coefficient (Wildman–Crippen LogP) is 0.179. The summed E-state index contributed by atoms with van der Waals surface area (Å²) >= 11 is 0. The van der Waals surface area contributed by atoms with Crippen LogP contribution < -0.4 is 9.62 Å². The lowest BCUT2D eigenvalue weighted by atomic mass is 10.3. The molecular weight excluding hydrogens is 356 g/mol. The number of morpholine rings is 1. The zero-order valence-electron chi connectivity index (χ0n) is 13.9. The molecule has 1 fully saturated rings. The number of hydrogen-bond donors (Lipinski definition) is 1. The van der Waals surface area contributed by atoms with Crippen LogP contribution in [0.3, 0.4) is 0 Å². The fourth-order valence-corrected chi connectivity index (χ4v) is 3.25. The smallest absolute Gasteiger partial charge is 0.240 e. The summed E-state index contributed by atoms with van der Waals surface area (Å²) in [5.74, 6) is -2.80. The Bertz CT molecular complexity index is 709. The molecule has 0 radical (unpaired) electrons. The summed E-state index contributed by atoms with van der Waals surface area (Å²) in [6.07, 6.45) is 0.898. The van der Waals surface area contributed by atoms with E-state index in [1.54, 1.807) is 0 Å². The maximum Gasteiger partial charge on any atom is 0.240 e. The normalized spacial score (nSPS) is 15.8. The number of amides is 1. The molecule has 25 heavy (non-hydrogen) atoms. The molecule has 1 aliphatic rings. The monoisotopic (exact) mass is 377 g/mol. The van der Waals surface area contributed by atoms with Crippen LogP contribution >= 0.6 is 0 Å². The second kappa shape index (κ2) is 8.54. The first-order valence-electron chi connectivity index (χ1n) is 7.77. The third-order valence-corrected chi connectivity index (χ3v) is 4.87. The van der Waals surface area contributed by atoms with Gasteiger partial charge in [0.1, 0.15) is 6.54 Å². The summed E-state index contributed by atoms with van der Waals surface area (Å²) in [6.45, 7) is 3.32. The van der Waals surface area contributed by atoms with E-state index in [2.05, 4.69) is 10.2 Å². The molecule has 1 aliphatic heterocycles. The average molecular weight is 377 g/mol. The van der Waals surface area contributed by atoms with Crippen LogP contribution in [0.25, 0.3) is 0 Å². The van der Waals surface area contributed by atoms with E-state index in [0.717, 1.165) is 41.8 Å². The average Bonchev–Trinajstić information content (AvgIpc) is 2.55. The SMILES string of the molecule is CS(=O)(=O)N(CC(=O)NCCN1CCOCC1)c1ccc(F)c(F)c1. The fourth-order valence-electron chi connectivity index (χ4n) is 2.40. The molecule has 140 valence electrons. The fraction of sp³-hybridized carbons (Fsp3) is 0.533. The topological polar surface area (TPSA) is 79.0 Å². The van der Waals surface area contributed by atoms with E-state index in [1.807, 2.05) is 0 Å². The van der Waals surface area contributed by atoms with Crippen LogP contribution in [0.4, 0.5) is 14.5 Å². The Balaban J connectivity index is 1.94. The molecule has 0 aromatic heterocycles. The third-order valence-electron chi connectivity index (χ3n) is 3.73. The van der Waals surface area contributed by atoms with Crippen LogP contribution in [0.2, 0.25) is 0 Å². The van der Waals surface area contributed by atoms with Gasteiger partial charge in [-0.05, 0) is 12.1 Å². The summed E-state index contributed by atoms with van der Waals surface area (Å²) in [5.41, 5.74) is -0.107. The molecule has 0 unspecified atom stereocenters. The van der Waals surface area contributed by atoms with E-state index >= 15 is 0 Å². The maximum absolute atomic E-state index is 13.4. The number of nitrogens with zero attached hydrogens (tertiary/aromatic N) is 2. The number of carbonyl (C=O) groups excluding carboxylic acids is 1. The van der Waals surface area contributed by atoms with Crippen LogP contribution in [0, 0.1) is 11.6 Å². The van der Waals surface area contributed by atoms with E-state index in [-0.39, 0.29) is 5.69 Å². The van der Waals surface area contributed by atoms with Crippen molar-refractivity contribution in [3.63, 3.8) is 0 Å². The van der Waals surface area contributed by atoms with E-state index in [1.165, 1.54) is 0 Å². The van der Waals surface area contributed by atoms with Crippen molar-refractivity contribution in [2.24, 2.45) is 0 Å². The van der Waals surface area contributed by atoms with Gasteiger partial charge in [0.25, 0.3) is 0 Å². The van der Waals surface area contributed by atoms with Crippen LogP contribution in [-0.4, -0.2) is 71.4 Å². The molecule has 2 rings (SSSR count). The molecule has 0 spiro atoms. The Hall–Kier alpha value is -1.78. The molecule has 0 atom stereocenters. The van der Waals surface area contributed by atoms with Crippen LogP contribution in [0.5, 0.6) is 0 Å². The van der Waals surface area contributed by atoms with Gasteiger partial charge in [-0.25, -0.2) is 17.2 Å². The zero-order chi connectivity index (χ0) is 18.4. The van der Waals surface area contributed by atoms with Gasteiger partial charge in [0.2, 0.25) is 15.9 Å². The second-order valence-electron chi connectivity index (χ2n) is 5.67. The lowest BCUT2D eigenvalue weighted by molar-refractivity contribution is -0.119. The number of hydrogen-bond acceptors (Lipinski definition) is 5. The summed E-state index contributed by atoms with van der Waals surface area (Å²) < 4.78 is 56.1. The molecule has 1 aromatic rings. The van der Waals surface area contributed by atoms with Gasteiger partial charge in [0.15, 0.2) is 11.6 Å². The lowest BCUT2D eigenvalue weighted by Gasteiger charge is -2.27. The van der Waals surface area contributed by atoms with E-state index in [9.17, 15) is 22.0 Å². The minimum absolute atomic E-state index is 0.107. The first-order valence-corrected chi connectivity index (χ1v) is 9.62. The molecule has 1 saturated heterocycles. The standard InChI is InChI=1S/C15H21F2N3O4S/c1-25(22,23)20(12-2-3-13(16)14(17)10-12)11-15(21)18-4-5-19-6-8-24-9-7-19/h2-3,10H,4-9,11H2,1H3,(H,18,21). The molecule has 0 aliphatic carbocycles. The van der Waals surface area contributed by atoms with Gasteiger partial charge in [-0.1, -0.05) is 0 Å². The summed E-state index contributed by atoms with van der Waals surface area (Å²) in [6, 6.07) is 2.68. The molecule has 0 saturated carbocycles. The van der Waals surface area contributed by atoms with Gasteiger partial charge in [-0.15, -0.1) is 0 Å². The van der Waals surface area contributed by atoms with Crippen molar-refractivity contribution < 1.29 is 26.7 Å². The van der Waals surface area contributed by atoms with Gasteiger partial charge in [-0.3, -0.25) is 14.0 Å². The number of ether oxygens (including phenoxy) is 1. The highest BCUT2D eigenvalue weighted by Crippen LogP contribution is 2.20. The minimum Gasteiger partial charge on any atom is -0.379 e. The van der Waals surface area contributed by atoms with Crippen molar-refractivity contribution in [1.29, 1.82) is 0 Å². The van der Waals surface area contributed by atoms with Crippen LogP contribution in [0.1, 0.15) is 0 Å². The van der Waals surface area contributed by atoms with Crippen molar-refractivity contribution in [3.05, 3.63) is 29.8 Å². The quantitative estimate of drug-likeness (QED) is 0.733. The third kappa shape index (κ3) is 5.91. The Morgan fingerprint density at radius 1 is 1.28 bits per heavy atom. The molecule has 1 heterocycles. The Labute approximate surface area is 145 Å². The number of benzene rings is 1. The van der Waals surface area contributed by atoms with Crippen molar-refractivity contribution in [2.45, 2.75) is 0 Å². The van der Waals surface area contributed by atoms with Crippen LogP contribution in [0.15, 0.2) is 18.2 Å². The van der Waals surface area contributed by atoms with Gasteiger partial charge in [0, 0.05) is 32.2 Å². The van der Waals surface area contributed by atoms with Gasteiger partial charge in [0.05, 0.1) is 25.2 Å². The highest BCUT2D eigenvalue weighted by Gasteiger charge is 2.22. The van der Waals surface area contributed by atoms with Crippen molar-refractivity contribution in [3.8, 4) is 0 Å². The second-order valence-corrected chi connectivity index (χ2v) is 7.58. The highest BCUT2D eigenvalue weighted by molar-refractivity contribution is 7.92. The van der Waals surface area contributed by atoms with Crippen molar-refractivity contribution >= 4 is 21.6 Å². The van der Waals surface area contributed by atoms with Gasteiger partial charge < -0.3 is 10.1 Å². The first-order chi connectivity index (χ1) is 11.8. The van der Waals surface area contributed by atoms with E-state index in [4.69, 9.17) is 4.74 Å². The van der Waals surface area contributed by atoms with E-state index < -0.39 is 34.1 Å². The molecule has 0 bridgehead atoms. The van der Waals surface area contributed by atoms with Crippen LogP contribution in [-0.2, 0) is 19.6 Å². The lowest BCUT2D eigenvalue weighted by Crippen LogP contribution is -2.44.